The van der Waals surface area contributed by atoms with Gasteiger partial charge in [0.2, 0.25) is 5.91 Å². The molecule has 3 rings (SSSR count). The molecule has 0 heterocycles. The smallest absolute Gasteiger partial charge is 0.261 e. The van der Waals surface area contributed by atoms with E-state index >= 15 is 0 Å². The average Bonchev–Trinajstić information content (AvgIpc) is 3.36. The van der Waals surface area contributed by atoms with Gasteiger partial charge in [-0.2, -0.15) is 0 Å². The first-order valence-electron chi connectivity index (χ1n) is 12.4. The highest BCUT2D eigenvalue weighted by atomic mass is 16.5. The number of methoxy groups -OCH3 is 1. The van der Waals surface area contributed by atoms with Crippen molar-refractivity contribution in [1.29, 1.82) is 0 Å². The Morgan fingerprint density at radius 2 is 1.62 bits per heavy atom. The summed E-state index contributed by atoms with van der Waals surface area (Å²) in [6.45, 7) is 6.42. The van der Waals surface area contributed by atoms with Crippen molar-refractivity contribution in [2.24, 2.45) is 0 Å². The Morgan fingerprint density at radius 1 is 1.00 bits per heavy atom. The minimum absolute atomic E-state index is 0.0856. The Hall–Kier alpha value is -3.02. The predicted octanol–water partition coefficient (Wildman–Crippen LogP) is 5.06. The lowest BCUT2D eigenvalue weighted by Crippen LogP contribution is -2.52. The lowest BCUT2D eigenvalue weighted by atomic mass is 10.0. The van der Waals surface area contributed by atoms with Gasteiger partial charge < -0.3 is 19.7 Å². The number of hydrogen-bond acceptors (Lipinski definition) is 4. The molecule has 0 bridgehead atoms. The summed E-state index contributed by atoms with van der Waals surface area (Å²) in [5.41, 5.74) is 2.15. The van der Waals surface area contributed by atoms with Crippen LogP contribution < -0.4 is 14.8 Å². The number of carbonyl (C=O) groups excluding carboxylic acids is 2. The van der Waals surface area contributed by atoms with Gasteiger partial charge in [0.1, 0.15) is 17.5 Å². The van der Waals surface area contributed by atoms with Crippen LogP contribution in [-0.2, 0) is 16.1 Å². The van der Waals surface area contributed by atoms with Gasteiger partial charge in [0.25, 0.3) is 5.91 Å². The molecule has 2 aromatic carbocycles. The maximum Gasteiger partial charge on any atom is 0.261 e. The Kier molecular flexibility index (Phi) is 9.37. The number of rotatable bonds is 11. The van der Waals surface area contributed by atoms with Crippen LogP contribution in [0.4, 0.5) is 0 Å². The van der Waals surface area contributed by atoms with E-state index in [0.29, 0.717) is 24.6 Å². The molecule has 1 fully saturated rings. The highest BCUT2D eigenvalue weighted by Crippen LogP contribution is 2.21. The Balaban J connectivity index is 1.73. The molecule has 2 aromatic rings. The molecule has 6 heteroatoms. The quantitative estimate of drug-likeness (QED) is 0.502. The van der Waals surface area contributed by atoms with E-state index in [0.717, 1.165) is 37.0 Å². The summed E-state index contributed by atoms with van der Waals surface area (Å²) in [6, 6.07) is 15.0. The first-order valence-corrected chi connectivity index (χ1v) is 12.4. The standard InChI is InChI=1S/C28H38N2O4/c1-5-26(28(32)29-23-8-6-7-9-23)30(18-21-10-14-24(33-4)15-11-21)27(31)19-34-25-16-12-22(13-17-25)20(2)3/h10-17,20,23,26H,5-9,18-19H2,1-4H3,(H,29,32)/t26-/m1/s1. The molecule has 6 nitrogen and oxygen atoms in total. The second-order valence-corrected chi connectivity index (χ2v) is 9.30. The lowest BCUT2D eigenvalue weighted by molar-refractivity contribution is -0.143. The molecule has 1 aliphatic carbocycles. The molecule has 2 amide bonds. The first-order chi connectivity index (χ1) is 16.4. The number of ether oxygens (including phenoxy) is 2. The topological polar surface area (TPSA) is 67.9 Å². The van der Waals surface area contributed by atoms with Gasteiger partial charge in [-0.25, -0.2) is 0 Å². The molecular formula is C28H38N2O4. The number of nitrogens with one attached hydrogen (secondary N) is 1. The summed E-state index contributed by atoms with van der Waals surface area (Å²) >= 11 is 0. The van der Waals surface area contributed by atoms with Crippen molar-refractivity contribution in [2.75, 3.05) is 13.7 Å². The minimum Gasteiger partial charge on any atom is -0.497 e. The minimum atomic E-state index is -0.554. The van der Waals surface area contributed by atoms with Crippen molar-refractivity contribution in [2.45, 2.75) is 77.4 Å². The van der Waals surface area contributed by atoms with E-state index in [-0.39, 0.29) is 24.5 Å². The van der Waals surface area contributed by atoms with Crippen molar-refractivity contribution in [3.05, 3.63) is 59.7 Å². The maximum absolute atomic E-state index is 13.4. The van der Waals surface area contributed by atoms with E-state index in [1.807, 2.05) is 55.5 Å². The second kappa shape index (κ2) is 12.4. The third kappa shape index (κ3) is 6.99. The number of nitrogens with zero attached hydrogens (tertiary/aromatic N) is 1. The summed E-state index contributed by atoms with van der Waals surface area (Å²) in [4.78, 5) is 28.2. The number of amides is 2. The molecule has 1 N–H and O–H groups in total. The van der Waals surface area contributed by atoms with Crippen LogP contribution in [0.25, 0.3) is 0 Å². The zero-order chi connectivity index (χ0) is 24.5. The lowest BCUT2D eigenvalue weighted by Gasteiger charge is -2.31. The van der Waals surface area contributed by atoms with Crippen LogP contribution in [-0.4, -0.2) is 42.5 Å². The largest absolute Gasteiger partial charge is 0.497 e. The van der Waals surface area contributed by atoms with Crippen LogP contribution in [0.1, 0.15) is 69.9 Å². The Labute approximate surface area is 203 Å². The first kappa shape index (κ1) is 25.6. The van der Waals surface area contributed by atoms with Gasteiger partial charge in [0.05, 0.1) is 7.11 Å². The predicted molar refractivity (Wildman–Crippen MR) is 134 cm³/mol. The highest BCUT2D eigenvalue weighted by molar-refractivity contribution is 5.88. The van der Waals surface area contributed by atoms with E-state index in [9.17, 15) is 9.59 Å². The molecule has 0 unspecified atom stereocenters. The van der Waals surface area contributed by atoms with Crippen LogP contribution in [0.5, 0.6) is 11.5 Å². The molecule has 1 aliphatic rings. The summed E-state index contributed by atoms with van der Waals surface area (Å²) in [6.07, 6.45) is 4.82. The number of carbonyl (C=O) groups is 2. The molecule has 1 atom stereocenters. The second-order valence-electron chi connectivity index (χ2n) is 9.30. The fourth-order valence-corrected chi connectivity index (χ4v) is 4.39. The molecule has 0 aromatic heterocycles. The third-order valence-corrected chi connectivity index (χ3v) is 6.51. The maximum atomic E-state index is 13.4. The van der Waals surface area contributed by atoms with Gasteiger partial charge in [-0.05, 0) is 60.6 Å². The molecular weight excluding hydrogens is 428 g/mol. The van der Waals surface area contributed by atoms with Gasteiger partial charge in [0.15, 0.2) is 6.61 Å². The Bertz CT molecular complexity index is 918. The van der Waals surface area contributed by atoms with Gasteiger partial charge in [-0.3, -0.25) is 9.59 Å². The molecule has 34 heavy (non-hydrogen) atoms. The van der Waals surface area contributed by atoms with Crippen molar-refractivity contribution in [1.82, 2.24) is 10.2 Å². The SMILES string of the molecule is CC[C@H](C(=O)NC1CCCC1)N(Cc1ccc(OC)cc1)C(=O)COc1ccc(C(C)C)cc1. The van der Waals surface area contributed by atoms with E-state index in [2.05, 4.69) is 19.2 Å². The van der Waals surface area contributed by atoms with Crippen molar-refractivity contribution in [3.63, 3.8) is 0 Å². The average molecular weight is 467 g/mol. The van der Waals surface area contributed by atoms with Gasteiger partial charge in [-0.1, -0.05) is 57.9 Å². The molecule has 1 saturated carbocycles. The van der Waals surface area contributed by atoms with E-state index in [1.165, 1.54) is 5.56 Å². The van der Waals surface area contributed by atoms with Crippen molar-refractivity contribution < 1.29 is 19.1 Å². The summed E-state index contributed by atoms with van der Waals surface area (Å²) in [7, 11) is 1.62. The molecule has 0 radical (unpaired) electrons. The molecule has 0 spiro atoms. The Morgan fingerprint density at radius 3 is 2.18 bits per heavy atom. The number of benzene rings is 2. The van der Waals surface area contributed by atoms with Crippen LogP contribution in [0.2, 0.25) is 0 Å². The van der Waals surface area contributed by atoms with Crippen LogP contribution >= 0.6 is 0 Å². The van der Waals surface area contributed by atoms with Gasteiger partial charge in [-0.15, -0.1) is 0 Å². The van der Waals surface area contributed by atoms with Gasteiger partial charge in [0, 0.05) is 12.6 Å². The van der Waals surface area contributed by atoms with Crippen LogP contribution in [0.15, 0.2) is 48.5 Å². The zero-order valence-corrected chi connectivity index (χ0v) is 20.9. The van der Waals surface area contributed by atoms with Crippen molar-refractivity contribution >= 4 is 11.8 Å². The van der Waals surface area contributed by atoms with Crippen LogP contribution in [0.3, 0.4) is 0 Å². The van der Waals surface area contributed by atoms with Crippen LogP contribution in [0, 0.1) is 0 Å². The summed E-state index contributed by atoms with van der Waals surface area (Å²) < 4.78 is 11.1. The fourth-order valence-electron chi connectivity index (χ4n) is 4.39. The monoisotopic (exact) mass is 466 g/mol. The zero-order valence-electron chi connectivity index (χ0n) is 20.9. The molecule has 0 aliphatic heterocycles. The van der Waals surface area contributed by atoms with Crippen molar-refractivity contribution in [3.8, 4) is 11.5 Å². The third-order valence-electron chi connectivity index (χ3n) is 6.51. The fraction of sp³-hybridized carbons (Fsp3) is 0.500. The van der Waals surface area contributed by atoms with E-state index in [1.54, 1.807) is 12.0 Å². The highest BCUT2D eigenvalue weighted by Gasteiger charge is 2.30. The summed E-state index contributed by atoms with van der Waals surface area (Å²) in [5, 5.41) is 3.17. The van der Waals surface area contributed by atoms with Gasteiger partial charge >= 0.3 is 0 Å². The normalized spacial score (nSPS) is 14.6. The van der Waals surface area contributed by atoms with E-state index in [4.69, 9.17) is 9.47 Å². The number of hydrogen-bond donors (Lipinski definition) is 1. The molecule has 0 saturated heterocycles. The van der Waals surface area contributed by atoms with E-state index < -0.39 is 6.04 Å². The summed E-state index contributed by atoms with van der Waals surface area (Å²) in [5.74, 6) is 1.53. The molecule has 184 valence electrons.